The van der Waals surface area contributed by atoms with Crippen LogP contribution < -0.4 is 4.90 Å². The highest BCUT2D eigenvalue weighted by atomic mass is 16.2. The SMILES string of the molecule is Cc1cc(C(=O)N2CCN(c3cnccn3)CC2)c(C)n1[C@H](C)c1ccccc1. The van der Waals surface area contributed by atoms with Gasteiger partial charge >= 0.3 is 0 Å². The summed E-state index contributed by atoms with van der Waals surface area (Å²) < 4.78 is 2.26. The first kappa shape index (κ1) is 19.2. The Balaban J connectivity index is 1.50. The van der Waals surface area contributed by atoms with E-state index in [1.54, 1.807) is 18.6 Å². The summed E-state index contributed by atoms with van der Waals surface area (Å²) in [6.07, 6.45) is 5.15. The van der Waals surface area contributed by atoms with Crippen molar-refractivity contribution >= 4 is 11.7 Å². The van der Waals surface area contributed by atoms with Crippen LogP contribution in [0.2, 0.25) is 0 Å². The van der Waals surface area contributed by atoms with Gasteiger partial charge in [0.25, 0.3) is 5.91 Å². The summed E-state index contributed by atoms with van der Waals surface area (Å²) in [6.45, 7) is 9.22. The predicted octanol–water partition coefficient (Wildman–Crippen LogP) is 3.47. The number of nitrogens with zero attached hydrogens (tertiary/aromatic N) is 5. The number of hydrogen-bond donors (Lipinski definition) is 0. The van der Waals surface area contributed by atoms with Crippen molar-refractivity contribution in [2.24, 2.45) is 0 Å². The fourth-order valence-electron chi connectivity index (χ4n) is 4.23. The highest BCUT2D eigenvalue weighted by Gasteiger charge is 2.26. The van der Waals surface area contributed by atoms with Gasteiger partial charge in [-0.3, -0.25) is 9.78 Å². The third kappa shape index (κ3) is 3.75. The van der Waals surface area contributed by atoms with Crippen molar-refractivity contribution < 1.29 is 4.79 Å². The Labute approximate surface area is 171 Å². The van der Waals surface area contributed by atoms with Gasteiger partial charge in [-0.25, -0.2) is 4.98 Å². The second-order valence-electron chi connectivity index (χ2n) is 7.58. The summed E-state index contributed by atoms with van der Waals surface area (Å²) in [5.41, 5.74) is 4.18. The second-order valence-corrected chi connectivity index (χ2v) is 7.58. The summed E-state index contributed by atoms with van der Waals surface area (Å²) in [5.74, 6) is 0.984. The molecule has 1 fully saturated rings. The van der Waals surface area contributed by atoms with Gasteiger partial charge < -0.3 is 14.4 Å². The molecule has 0 aliphatic carbocycles. The van der Waals surface area contributed by atoms with Gasteiger partial charge in [0.1, 0.15) is 5.82 Å². The van der Waals surface area contributed by atoms with Crippen LogP contribution in [0, 0.1) is 13.8 Å². The molecule has 3 aromatic rings. The van der Waals surface area contributed by atoms with Crippen LogP contribution in [0.25, 0.3) is 0 Å². The summed E-state index contributed by atoms with van der Waals surface area (Å²) in [7, 11) is 0. The molecule has 0 N–H and O–H groups in total. The Morgan fingerprint density at radius 1 is 1.03 bits per heavy atom. The van der Waals surface area contributed by atoms with Gasteiger partial charge in [0, 0.05) is 50.0 Å². The number of aryl methyl sites for hydroxylation is 1. The molecule has 150 valence electrons. The molecule has 6 nitrogen and oxygen atoms in total. The van der Waals surface area contributed by atoms with E-state index >= 15 is 0 Å². The van der Waals surface area contributed by atoms with Gasteiger partial charge in [-0.15, -0.1) is 0 Å². The van der Waals surface area contributed by atoms with E-state index in [9.17, 15) is 4.79 Å². The van der Waals surface area contributed by atoms with E-state index in [0.29, 0.717) is 13.1 Å². The molecule has 4 rings (SSSR count). The number of benzene rings is 1. The van der Waals surface area contributed by atoms with Gasteiger partial charge in [0.05, 0.1) is 17.8 Å². The lowest BCUT2D eigenvalue weighted by atomic mass is 10.1. The van der Waals surface area contributed by atoms with Crippen molar-refractivity contribution in [1.29, 1.82) is 0 Å². The van der Waals surface area contributed by atoms with Gasteiger partial charge in [0.2, 0.25) is 0 Å². The van der Waals surface area contributed by atoms with Crippen molar-refractivity contribution in [3.8, 4) is 0 Å². The van der Waals surface area contributed by atoms with E-state index in [-0.39, 0.29) is 11.9 Å². The smallest absolute Gasteiger partial charge is 0.255 e. The number of amides is 1. The van der Waals surface area contributed by atoms with Crippen LogP contribution in [0.4, 0.5) is 5.82 Å². The summed E-state index contributed by atoms with van der Waals surface area (Å²) >= 11 is 0. The maximum Gasteiger partial charge on any atom is 0.255 e. The molecule has 3 heterocycles. The molecule has 2 aromatic heterocycles. The predicted molar refractivity (Wildman–Crippen MR) is 114 cm³/mol. The first-order valence-corrected chi connectivity index (χ1v) is 10.1. The molecule has 6 heteroatoms. The molecule has 1 saturated heterocycles. The molecular formula is C23H27N5O. The number of carbonyl (C=O) groups is 1. The van der Waals surface area contributed by atoms with Crippen LogP contribution in [0.1, 0.15) is 40.3 Å². The highest BCUT2D eigenvalue weighted by molar-refractivity contribution is 5.96. The summed E-state index contributed by atoms with van der Waals surface area (Å²) in [6, 6.07) is 12.6. The monoisotopic (exact) mass is 389 g/mol. The van der Waals surface area contributed by atoms with Crippen LogP contribution in [0.15, 0.2) is 55.0 Å². The van der Waals surface area contributed by atoms with E-state index in [2.05, 4.69) is 64.5 Å². The number of hydrogen-bond acceptors (Lipinski definition) is 4. The molecule has 29 heavy (non-hydrogen) atoms. The largest absolute Gasteiger partial charge is 0.352 e. The second kappa shape index (κ2) is 8.07. The zero-order valence-electron chi connectivity index (χ0n) is 17.2. The van der Waals surface area contributed by atoms with E-state index in [0.717, 1.165) is 35.9 Å². The van der Waals surface area contributed by atoms with Crippen molar-refractivity contribution in [1.82, 2.24) is 19.4 Å². The van der Waals surface area contributed by atoms with E-state index in [1.165, 1.54) is 5.56 Å². The molecule has 1 aliphatic heterocycles. The Hall–Kier alpha value is -3.15. The van der Waals surface area contributed by atoms with Crippen LogP contribution in [0.5, 0.6) is 0 Å². The molecule has 1 atom stereocenters. The lowest BCUT2D eigenvalue weighted by Gasteiger charge is -2.35. The van der Waals surface area contributed by atoms with Gasteiger partial charge in [0.15, 0.2) is 0 Å². The average molecular weight is 390 g/mol. The first-order chi connectivity index (χ1) is 14.1. The van der Waals surface area contributed by atoms with Crippen molar-refractivity contribution in [3.63, 3.8) is 0 Å². The summed E-state index contributed by atoms with van der Waals surface area (Å²) in [4.78, 5) is 25.9. The molecule has 0 radical (unpaired) electrons. The lowest BCUT2D eigenvalue weighted by molar-refractivity contribution is 0.0745. The fraction of sp³-hybridized carbons (Fsp3) is 0.348. The number of piperazine rings is 1. The molecule has 1 aromatic carbocycles. The number of anilines is 1. The third-order valence-electron chi connectivity index (χ3n) is 5.82. The van der Waals surface area contributed by atoms with Crippen LogP contribution in [-0.2, 0) is 0 Å². The average Bonchev–Trinajstić information content (AvgIpc) is 3.08. The van der Waals surface area contributed by atoms with E-state index < -0.39 is 0 Å². The minimum absolute atomic E-state index is 0.114. The Morgan fingerprint density at radius 3 is 2.41 bits per heavy atom. The van der Waals surface area contributed by atoms with Gasteiger partial charge in [-0.1, -0.05) is 30.3 Å². The number of aromatic nitrogens is 3. The minimum Gasteiger partial charge on any atom is -0.352 e. The maximum absolute atomic E-state index is 13.3. The van der Waals surface area contributed by atoms with Crippen molar-refractivity contribution in [2.45, 2.75) is 26.8 Å². The molecule has 0 bridgehead atoms. The topological polar surface area (TPSA) is 54.3 Å². The van der Waals surface area contributed by atoms with Gasteiger partial charge in [-0.2, -0.15) is 0 Å². The zero-order valence-corrected chi connectivity index (χ0v) is 17.2. The fourth-order valence-corrected chi connectivity index (χ4v) is 4.23. The molecule has 0 spiro atoms. The minimum atomic E-state index is 0.114. The highest BCUT2D eigenvalue weighted by Crippen LogP contribution is 2.26. The van der Waals surface area contributed by atoms with Crippen LogP contribution in [-0.4, -0.2) is 51.5 Å². The first-order valence-electron chi connectivity index (χ1n) is 10.1. The third-order valence-corrected chi connectivity index (χ3v) is 5.82. The standard InChI is InChI=1S/C23H27N5O/c1-17-15-21(19(3)28(17)18(2)20-7-5-4-6-8-20)23(29)27-13-11-26(12-14-27)22-16-24-9-10-25-22/h4-10,15-16,18H,11-14H2,1-3H3/t18-/m1/s1. The van der Waals surface area contributed by atoms with Crippen molar-refractivity contribution in [3.05, 3.63) is 77.5 Å². The molecule has 1 aliphatic rings. The van der Waals surface area contributed by atoms with Crippen molar-refractivity contribution in [2.75, 3.05) is 31.1 Å². The van der Waals surface area contributed by atoms with E-state index in [4.69, 9.17) is 0 Å². The Kier molecular flexibility index (Phi) is 5.34. The van der Waals surface area contributed by atoms with Crippen LogP contribution >= 0.6 is 0 Å². The Bertz CT molecular complexity index is 975. The van der Waals surface area contributed by atoms with Crippen LogP contribution in [0.3, 0.4) is 0 Å². The quantitative estimate of drug-likeness (QED) is 0.686. The molecular weight excluding hydrogens is 362 g/mol. The molecule has 0 saturated carbocycles. The van der Waals surface area contributed by atoms with Gasteiger partial charge in [-0.05, 0) is 32.4 Å². The number of rotatable bonds is 4. The Morgan fingerprint density at radius 2 is 1.76 bits per heavy atom. The normalized spacial score (nSPS) is 15.4. The lowest BCUT2D eigenvalue weighted by Crippen LogP contribution is -2.49. The van der Waals surface area contributed by atoms with E-state index in [1.807, 2.05) is 17.0 Å². The number of carbonyl (C=O) groups excluding carboxylic acids is 1. The molecule has 0 unspecified atom stereocenters. The zero-order chi connectivity index (χ0) is 20.4. The summed E-state index contributed by atoms with van der Waals surface area (Å²) in [5, 5.41) is 0. The molecule has 1 amide bonds. The maximum atomic E-state index is 13.3.